The fourth-order valence-electron chi connectivity index (χ4n) is 7.66. The predicted molar refractivity (Wildman–Crippen MR) is 169 cm³/mol. The third-order valence-electron chi connectivity index (χ3n) is 9.25. The van der Waals surface area contributed by atoms with Gasteiger partial charge in [-0.2, -0.15) is 0 Å². The van der Waals surface area contributed by atoms with E-state index in [-0.39, 0.29) is 0 Å². The summed E-state index contributed by atoms with van der Waals surface area (Å²) < 4.78 is 2.90. The Bertz CT molecular complexity index is 1100. The molecule has 0 amide bonds. The van der Waals surface area contributed by atoms with Crippen LogP contribution in [0.5, 0.6) is 0 Å². The third-order valence-corrected chi connectivity index (χ3v) is 24.2. The molecule has 0 aliphatic heterocycles. The molecule has 0 fully saturated rings. The fourth-order valence-corrected chi connectivity index (χ4v) is 25.5. The van der Waals surface area contributed by atoms with Crippen LogP contribution in [0.4, 0.5) is 0 Å². The van der Waals surface area contributed by atoms with E-state index in [0.717, 1.165) is 0 Å². The second-order valence-corrected chi connectivity index (χ2v) is 30.0. The summed E-state index contributed by atoms with van der Waals surface area (Å²) in [6.45, 7) is 24.8. The number of hydrogen-bond acceptors (Lipinski definition) is 0. The summed E-state index contributed by atoms with van der Waals surface area (Å²) in [7, 11) is -2.35. The number of benzene rings is 2. The van der Waals surface area contributed by atoms with Crippen LogP contribution in [0.15, 0.2) is 36.4 Å². The van der Waals surface area contributed by atoms with E-state index in [1.807, 2.05) is 5.16 Å². The second kappa shape index (κ2) is 11.4. The molecule has 2 unspecified atom stereocenters. The van der Waals surface area contributed by atoms with E-state index in [2.05, 4.69) is 116 Å². The molecule has 4 rings (SSSR count). The van der Waals surface area contributed by atoms with E-state index in [1.165, 1.54) is 63.2 Å². The molecule has 2 aromatic carbocycles. The first kappa shape index (κ1) is 29.2. The number of hydrogen-bond donors (Lipinski definition) is 0. The molecule has 0 heterocycles. The summed E-state index contributed by atoms with van der Waals surface area (Å²) in [6, 6.07) is 9.41. The van der Waals surface area contributed by atoms with Gasteiger partial charge in [0, 0.05) is 0 Å². The van der Waals surface area contributed by atoms with Crippen molar-refractivity contribution < 1.29 is 21.4 Å². The van der Waals surface area contributed by atoms with Crippen LogP contribution >= 0.6 is 0 Å². The van der Waals surface area contributed by atoms with Crippen molar-refractivity contribution in [1.29, 1.82) is 0 Å². The Morgan fingerprint density at radius 3 is 1.49 bits per heavy atom. The summed E-state index contributed by atoms with van der Waals surface area (Å²) in [5, 5.41) is 2.01. The van der Waals surface area contributed by atoms with Gasteiger partial charge < -0.3 is 0 Å². The Balaban J connectivity index is 1.56. The summed E-state index contributed by atoms with van der Waals surface area (Å²) in [4.78, 5) is 0. The molecule has 2 aromatic rings. The van der Waals surface area contributed by atoms with E-state index in [4.69, 9.17) is 0 Å². The normalized spacial score (nSPS) is 18.6. The average Bonchev–Trinajstić information content (AvgIpc) is 3.43. The standard InChI is InChI=1S/C12H28Si2.2C11H11.Sc/c1-8-9-10-11-12(13(2,3)4)14(5,6)7;2*1-8-6-7-9(2)11-5-3-4-10(8)11;/h1,8-11H2,2-7H3;2*3-7H,1-2H3;. The van der Waals surface area contributed by atoms with Crippen molar-refractivity contribution in [1.82, 2.24) is 0 Å². The molecule has 0 spiro atoms. The van der Waals surface area contributed by atoms with E-state index in [1.54, 1.807) is 11.1 Å². The summed E-state index contributed by atoms with van der Waals surface area (Å²) in [5.41, 5.74) is 12.4. The summed E-state index contributed by atoms with van der Waals surface area (Å²) >= 11 is -1.85. The van der Waals surface area contributed by atoms with Crippen LogP contribution in [0.25, 0.3) is 12.2 Å². The predicted octanol–water partition coefficient (Wildman–Crippen LogP) is 10.7. The minimum atomic E-state index is -1.85. The number of fused-ring (bicyclic) bond motifs is 2. The van der Waals surface area contributed by atoms with Gasteiger partial charge in [0.15, 0.2) is 0 Å². The van der Waals surface area contributed by atoms with Gasteiger partial charge in [-0.1, -0.05) is 0 Å². The van der Waals surface area contributed by atoms with Crippen LogP contribution in [0.3, 0.4) is 0 Å². The van der Waals surface area contributed by atoms with Crippen LogP contribution in [-0.4, -0.2) is 16.1 Å². The van der Waals surface area contributed by atoms with Gasteiger partial charge in [-0.05, 0) is 0 Å². The molecule has 2 atom stereocenters. The molecule has 2 aliphatic rings. The molecule has 0 N–H and O–H groups in total. The molecule has 3 heteroatoms. The molecule has 0 aromatic heterocycles. The maximum atomic E-state index is 2.63. The van der Waals surface area contributed by atoms with Crippen molar-refractivity contribution in [3.8, 4) is 0 Å². The van der Waals surface area contributed by atoms with Crippen molar-refractivity contribution in [2.24, 2.45) is 0 Å². The zero-order chi connectivity index (χ0) is 27.1. The zero-order valence-electron chi connectivity index (χ0n) is 25.4. The Kier molecular flexibility index (Phi) is 8.98. The van der Waals surface area contributed by atoms with E-state index >= 15 is 0 Å². The Labute approximate surface area is 238 Å². The van der Waals surface area contributed by atoms with Gasteiger partial charge in [-0.3, -0.25) is 0 Å². The van der Waals surface area contributed by atoms with Crippen LogP contribution in [-0.2, 0) is 21.4 Å². The van der Waals surface area contributed by atoms with E-state index < -0.39 is 37.6 Å². The molecular formula is C34H50ScSi2. The molecule has 0 bridgehead atoms. The van der Waals surface area contributed by atoms with Gasteiger partial charge in [0.05, 0.1) is 0 Å². The van der Waals surface area contributed by atoms with Gasteiger partial charge in [0.25, 0.3) is 0 Å². The van der Waals surface area contributed by atoms with E-state index in [0.29, 0.717) is 7.35 Å². The van der Waals surface area contributed by atoms with Crippen LogP contribution in [0, 0.1) is 32.9 Å². The molecule has 2 aliphatic carbocycles. The maximum absolute atomic E-state index is 2.63. The summed E-state index contributed by atoms with van der Waals surface area (Å²) in [5.74, 6) is 0. The topological polar surface area (TPSA) is 0 Å². The number of rotatable bonds is 10. The molecule has 37 heavy (non-hydrogen) atoms. The zero-order valence-corrected chi connectivity index (χ0v) is 29.2. The van der Waals surface area contributed by atoms with Gasteiger partial charge >= 0.3 is 240 Å². The first-order chi connectivity index (χ1) is 17.3. The Morgan fingerprint density at radius 1 is 0.622 bits per heavy atom. The molecular weight excluding hydrogens is 510 g/mol. The SMILES string of the molecule is Cc1ccc(C)c2c1C=C[CH]2[Sc]([CH2]CCCC[C]([Si](C)(C)C)[Si](C)(C)C)[CH]1C=Cc2c(C)ccc(C)c21. The first-order valence-electron chi connectivity index (χ1n) is 14.7. The molecule has 1 radical (unpaired) electrons. The molecule has 0 saturated heterocycles. The van der Waals surface area contributed by atoms with Crippen molar-refractivity contribution in [3.05, 3.63) is 86.1 Å². The minimum absolute atomic E-state index is 0.703. The van der Waals surface area contributed by atoms with Crippen molar-refractivity contribution in [2.45, 2.75) is 104 Å². The van der Waals surface area contributed by atoms with Gasteiger partial charge in [0.1, 0.15) is 0 Å². The Morgan fingerprint density at radius 2 is 1.05 bits per heavy atom. The average molecular weight is 560 g/mol. The van der Waals surface area contributed by atoms with Crippen LogP contribution in [0.1, 0.15) is 77.5 Å². The fraction of sp³-hybridized carbons (Fsp3) is 0.500. The molecule has 0 saturated carbocycles. The monoisotopic (exact) mass is 559 g/mol. The summed E-state index contributed by atoms with van der Waals surface area (Å²) in [6.07, 6.45) is 15.9. The third kappa shape index (κ3) is 6.19. The first-order valence-corrected chi connectivity index (χ1v) is 25.1. The van der Waals surface area contributed by atoms with Crippen molar-refractivity contribution in [3.63, 3.8) is 0 Å². The molecule has 197 valence electrons. The second-order valence-electron chi connectivity index (χ2n) is 14.1. The number of allylic oxidation sites excluding steroid dienone is 2. The van der Waals surface area contributed by atoms with Crippen molar-refractivity contribution >= 4 is 28.3 Å². The van der Waals surface area contributed by atoms with Crippen LogP contribution < -0.4 is 0 Å². The van der Waals surface area contributed by atoms with Gasteiger partial charge in [0.2, 0.25) is 0 Å². The van der Waals surface area contributed by atoms with E-state index in [9.17, 15) is 0 Å². The van der Waals surface area contributed by atoms with Crippen LogP contribution in [0.2, 0.25) is 43.5 Å². The van der Waals surface area contributed by atoms with Gasteiger partial charge in [-0.25, -0.2) is 0 Å². The quantitative estimate of drug-likeness (QED) is 0.201. The van der Waals surface area contributed by atoms with Gasteiger partial charge in [-0.15, -0.1) is 0 Å². The number of aryl methyl sites for hydroxylation is 4. The molecule has 0 nitrogen and oxygen atoms in total. The Hall–Kier alpha value is -0.776. The van der Waals surface area contributed by atoms with Crippen molar-refractivity contribution in [2.75, 3.05) is 0 Å². The number of unbranched alkanes of at least 4 members (excludes halogenated alkanes) is 2.